The van der Waals surface area contributed by atoms with Crippen LogP contribution >= 0.6 is 0 Å². The Morgan fingerprint density at radius 2 is 2.05 bits per heavy atom. The topological polar surface area (TPSA) is 30.5 Å². The van der Waals surface area contributed by atoms with Crippen molar-refractivity contribution in [3.8, 4) is 5.75 Å². The van der Waals surface area contributed by atoms with Crippen LogP contribution in [0.5, 0.6) is 5.75 Å². The fraction of sp³-hybridized carbons (Fsp3) is 0.571. The summed E-state index contributed by atoms with van der Waals surface area (Å²) in [6, 6.07) is 7.87. The zero-order chi connectivity index (χ0) is 13.7. The van der Waals surface area contributed by atoms with Gasteiger partial charge >= 0.3 is 0 Å². The van der Waals surface area contributed by atoms with Gasteiger partial charge < -0.3 is 14.8 Å². The van der Waals surface area contributed by atoms with Gasteiger partial charge in [-0.1, -0.05) is 18.2 Å². The molecule has 0 aromatic heterocycles. The molecule has 1 unspecified atom stereocenters. The van der Waals surface area contributed by atoms with Crippen LogP contribution in [0.15, 0.2) is 24.3 Å². The second-order valence-corrected chi connectivity index (χ2v) is 4.64. The number of nitrogens with one attached hydrogen (secondary N) is 1. The molecule has 0 radical (unpaired) electrons. The highest BCUT2D eigenvalue weighted by Gasteiger charge is 2.24. The maximum atomic E-state index is 12.3. The predicted molar refractivity (Wildman–Crippen MR) is 68.7 cm³/mol. The second kappa shape index (κ2) is 6.82. The third-order valence-corrected chi connectivity index (χ3v) is 3.08. The number of halogens is 2. The SMILES string of the molecule is COc1ccccc1C(CNC1CC1)OCC(F)F. The molecule has 1 atom stereocenters. The van der Waals surface area contributed by atoms with Gasteiger partial charge in [-0.3, -0.25) is 0 Å². The summed E-state index contributed by atoms with van der Waals surface area (Å²) in [6.45, 7) is -0.0349. The van der Waals surface area contributed by atoms with Gasteiger partial charge in [0.2, 0.25) is 0 Å². The first-order valence-corrected chi connectivity index (χ1v) is 6.46. The summed E-state index contributed by atoms with van der Waals surface area (Å²) in [4.78, 5) is 0. The summed E-state index contributed by atoms with van der Waals surface area (Å²) in [5, 5.41) is 3.30. The molecule has 1 aromatic rings. The third-order valence-electron chi connectivity index (χ3n) is 3.08. The van der Waals surface area contributed by atoms with E-state index in [1.165, 1.54) is 0 Å². The minimum Gasteiger partial charge on any atom is -0.496 e. The average molecular weight is 271 g/mol. The first-order valence-electron chi connectivity index (χ1n) is 6.46. The summed E-state index contributed by atoms with van der Waals surface area (Å²) in [5.41, 5.74) is 0.804. The largest absolute Gasteiger partial charge is 0.496 e. The van der Waals surface area contributed by atoms with Gasteiger partial charge in [-0.2, -0.15) is 0 Å². The van der Waals surface area contributed by atoms with Crippen LogP contribution in [0.25, 0.3) is 0 Å². The van der Waals surface area contributed by atoms with Crippen LogP contribution in [-0.4, -0.2) is 32.7 Å². The molecule has 0 saturated heterocycles. The molecule has 1 N–H and O–H groups in total. The Labute approximate surface area is 111 Å². The molecule has 3 nitrogen and oxygen atoms in total. The molecule has 1 aromatic carbocycles. The van der Waals surface area contributed by atoms with Crippen LogP contribution in [0.2, 0.25) is 0 Å². The van der Waals surface area contributed by atoms with E-state index in [1.54, 1.807) is 7.11 Å². The molecule has 0 bridgehead atoms. The first kappa shape index (κ1) is 14.2. The molecule has 106 valence electrons. The monoisotopic (exact) mass is 271 g/mol. The number of rotatable bonds is 8. The molecule has 1 aliphatic carbocycles. The van der Waals surface area contributed by atoms with Crippen LogP contribution in [-0.2, 0) is 4.74 Å². The van der Waals surface area contributed by atoms with E-state index >= 15 is 0 Å². The lowest BCUT2D eigenvalue weighted by molar-refractivity contribution is -0.0254. The molecule has 0 aliphatic heterocycles. The summed E-state index contributed by atoms with van der Waals surface area (Å²) < 4.78 is 35.2. The van der Waals surface area contributed by atoms with E-state index in [-0.39, 0.29) is 0 Å². The molecule has 5 heteroatoms. The Kier molecular flexibility index (Phi) is 5.10. The second-order valence-electron chi connectivity index (χ2n) is 4.64. The lowest BCUT2D eigenvalue weighted by Crippen LogP contribution is -2.26. The summed E-state index contributed by atoms with van der Waals surface area (Å²) in [6.07, 6.45) is -0.579. The van der Waals surface area contributed by atoms with Crippen molar-refractivity contribution < 1.29 is 18.3 Å². The number of para-hydroxylation sites is 1. The summed E-state index contributed by atoms with van der Waals surface area (Å²) in [5.74, 6) is 0.666. The molecule has 1 fully saturated rings. The Bertz CT molecular complexity index is 391. The van der Waals surface area contributed by atoms with Gasteiger partial charge in [0.05, 0.1) is 13.2 Å². The average Bonchev–Trinajstić information content (AvgIpc) is 3.23. The van der Waals surface area contributed by atoms with Crippen LogP contribution in [0, 0.1) is 0 Å². The molecular weight excluding hydrogens is 252 g/mol. The van der Waals surface area contributed by atoms with Gasteiger partial charge in [-0.05, 0) is 18.9 Å². The lowest BCUT2D eigenvalue weighted by Gasteiger charge is -2.21. The van der Waals surface area contributed by atoms with Gasteiger partial charge in [-0.15, -0.1) is 0 Å². The Morgan fingerprint density at radius 1 is 1.32 bits per heavy atom. The van der Waals surface area contributed by atoms with Gasteiger partial charge in [-0.25, -0.2) is 8.78 Å². The van der Waals surface area contributed by atoms with Crippen LogP contribution in [0.4, 0.5) is 8.78 Å². The molecule has 19 heavy (non-hydrogen) atoms. The van der Waals surface area contributed by atoms with E-state index in [0.29, 0.717) is 18.3 Å². The molecular formula is C14H19F2NO2. The van der Waals surface area contributed by atoms with Crippen molar-refractivity contribution in [3.63, 3.8) is 0 Å². The number of alkyl halides is 2. The van der Waals surface area contributed by atoms with E-state index in [2.05, 4.69) is 5.32 Å². The highest BCUT2D eigenvalue weighted by atomic mass is 19.3. The molecule has 2 rings (SSSR count). The van der Waals surface area contributed by atoms with E-state index in [9.17, 15) is 8.78 Å². The van der Waals surface area contributed by atoms with E-state index in [4.69, 9.17) is 9.47 Å². The van der Waals surface area contributed by atoms with Crippen molar-refractivity contribution in [3.05, 3.63) is 29.8 Å². The number of benzene rings is 1. The fourth-order valence-corrected chi connectivity index (χ4v) is 1.94. The molecule has 0 heterocycles. The maximum Gasteiger partial charge on any atom is 0.261 e. The van der Waals surface area contributed by atoms with Crippen LogP contribution in [0.3, 0.4) is 0 Å². The van der Waals surface area contributed by atoms with Crippen molar-refractivity contribution in [2.75, 3.05) is 20.3 Å². The van der Waals surface area contributed by atoms with Crippen molar-refractivity contribution in [1.82, 2.24) is 5.32 Å². The Morgan fingerprint density at radius 3 is 2.68 bits per heavy atom. The predicted octanol–water partition coefficient (Wildman–Crippen LogP) is 2.77. The number of hydrogen-bond donors (Lipinski definition) is 1. The Balaban J connectivity index is 2.04. The Hall–Kier alpha value is -1.20. The highest BCUT2D eigenvalue weighted by molar-refractivity contribution is 5.35. The van der Waals surface area contributed by atoms with Crippen LogP contribution in [0.1, 0.15) is 24.5 Å². The van der Waals surface area contributed by atoms with Gasteiger partial charge in [0.15, 0.2) is 0 Å². The van der Waals surface area contributed by atoms with E-state index < -0.39 is 19.1 Å². The van der Waals surface area contributed by atoms with Gasteiger partial charge in [0.1, 0.15) is 12.4 Å². The summed E-state index contributed by atoms with van der Waals surface area (Å²) in [7, 11) is 1.57. The fourth-order valence-electron chi connectivity index (χ4n) is 1.94. The number of ether oxygens (including phenoxy) is 2. The molecule has 0 spiro atoms. The van der Waals surface area contributed by atoms with Crippen molar-refractivity contribution >= 4 is 0 Å². The van der Waals surface area contributed by atoms with E-state index in [0.717, 1.165) is 18.4 Å². The normalized spacial score (nSPS) is 16.6. The number of methoxy groups -OCH3 is 1. The standard InChI is InChI=1S/C14H19F2NO2/c1-18-12-5-3-2-4-11(12)13(19-9-14(15)16)8-17-10-6-7-10/h2-5,10,13-14,17H,6-9H2,1H3. The van der Waals surface area contributed by atoms with Crippen molar-refractivity contribution in [2.24, 2.45) is 0 Å². The smallest absolute Gasteiger partial charge is 0.261 e. The minimum absolute atomic E-state index is 0.411. The third kappa shape index (κ3) is 4.44. The highest BCUT2D eigenvalue weighted by Crippen LogP contribution is 2.28. The van der Waals surface area contributed by atoms with Crippen molar-refractivity contribution in [2.45, 2.75) is 31.4 Å². The zero-order valence-electron chi connectivity index (χ0n) is 10.9. The zero-order valence-corrected chi connectivity index (χ0v) is 10.9. The van der Waals surface area contributed by atoms with Crippen LogP contribution < -0.4 is 10.1 Å². The molecule has 1 aliphatic rings. The molecule has 0 amide bonds. The van der Waals surface area contributed by atoms with Gasteiger partial charge in [0.25, 0.3) is 6.43 Å². The lowest BCUT2D eigenvalue weighted by atomic mass is 10.1. The first-order chi connectivity index (χ1) is 9.20. The van der Waals surface area contributed by atoms with Gasteiger partial charge in [0, 0.05) is 18.2 Å². The maximum absolute atomic E-state index is 12.3. The quantitative estimate of drug-likeness (QED) is 0.788. The number of hydrogen-bond acceptors (Lipinski definition) is 3. The minimum atomic E-state index is -2.46. The van der Waals surface area contributed by atoms with Crippen molar-refractivity contribution in [1.29, 1.82) is 0 Å². The molecule has 1 saturated carbocycles. The van der Waals surface area contributed by atoms with E-state index in [1.807, 2.05) is 24.3 Å². The summed E-state index contributed by atoms with van der Waals surface area (Å²) >= 11 is 0.